The molecule has 0 aliphatic rings. The average molecular weight is 286 g/mol. The molecule has 0 atom stereocenters. The summed E-state index contributed by atoms with van der Waals surface area (Å²) in [4.78, 5) is 0. The molecule has 0 aliphatic carbocycles. The molecule has 0 amide bonds. The van der Waals surface area contributed by atoms with Gasteiger partial charge in [-0.1, -0.05) is 73.7 Å². The van der Waals surface area contributed by atoms with Crippen LogP contribution in [0.4, 0.5) is 0 Å². The van der Waals surface area contributed by atoms with Gasteiger partial charge in [0.05, 0.1) is 0 Å². The van der Waals surface area contributed by atoms with E-state index in [9.17, 15) is 0 Å². The average Bonchev–Trinajstić information content (AvgIpc) is 2.58. The second-order valence-corrected chi connectivity index (χ2v) is 5.88. The first kappa shape index (κ1) is 14.6. The molecule has 0 spiro atoms. The van der Waals surface area contributed by atoms with Gasteiger partial charge in [-0.3, -0.25) is 0 Å². The highest BCUT2D eigenvalue weighted by molar-refractivity contribution is 5.73. The number of hydrogen-bond acceptors (Lipinski definition) is 0. The van der Waals surface area contributed by atoms with Gasteiger partial charge in [-0.2, -0.15) is 0 Å². The second kappa shape index (κ2) is 6.19. The predicted octanol–water partition coefficient (Wildman–Crippen LogP) is 6.20. The molecule has 0 saturated carbocycles. The monoisotopic (exact) mass is 286 g/mol. The van der Waals surface area contributed by atoms with Gasteiger partial charge in [0.2, 0.25) is 0 Å². The third-order valence-electron chi connectivity index (χ3n) is 4.44. The molecule has 0 aliphatic heterocycles. The van der Waals surface area contributed by atoms with Crippen molar-refractivity contribution in [2.75, 3.05) is 0 Å². The standard InChI is InChI=1S/C22H22/c1-4-18-14-16(2)17(3)22(15-18)21-12-10-20(11-13-21)19-8-6-5-7-9-19/h5-15H,4H2,1-3H3. The highest BCUT2D eigenvalue weighted by Gasteiger charge is 2.07. The molecule has 3 aromatic carbocycles. The lowest BCUT2D eigenvalue weighted by Crippen LogP contribution is -1.92. The summed E-state index contributed by atoms with van der Waals surface area (Å²) < 4.78 is 0. The molecule has 0 heteroatoms. The summed E-state index contributed by atoms with van der Waals surface area (Å²) in [6, 6.07) is 24.1. The molecule has 3 aromatic rings. The summed E-state index contributed by atoms with van der Waals surface area (Å²) in [5, 5.41) is 0. The molecule has 0 nitrogen and oxygen atoms in total. The highest BCUT2D eigenvalue weighted by Crippen LogP contribution is 2.29. The first-order chi connectivity index (χ1) is 10.7. The minimum absolute atomic E-state index is 1.08. The lowest BCUT2D eigenvalue weighted by Gasteiger charge is -2.12. The fourth-order valence-corrected chi connectivity index (χ4v) is 2.91. The van der Waals surface area contributed by atoms with Gasteiger partial charge >= 0.3 is 0 Å². The van der Waals surface area contributed by atoms with E-state index in [1.54, 1.807) is 0 Å². The van der Waals surface area contributed by atoms with Crippen LogP contribution in [0.25, 0.3) is 22.3 Å². The summed E-state index contributed by atoms with van der Waals surface area (Å²) in [6.07, 6.45) is 1.08. The Bertz CT molecular complexity index is 765. The van der Waals surface area contributed by atoms with E-state index in [0.29, 0.717) is 0 Å². The molecule has 0 unspecified atom stereocenters. The minimum atomic E-state index is 1.08. The fraction of sp³-hybridized carbons (Fsp3) is 0.182. The Morgan fingerprint density at radius 3 is 1.91 bits per heavy atom. The SMILES string of the molecule is CCc1cc(C)c(C)c(-c2ccc(-c3ccccc3)cc2)c1. The number of benzene rings is 3. The van der Waals surface area contributed by atoms with Crippen molar-refractivity contribution >= 4 is 0 Å². The van der Waals surface area contributed by atoms with Crippen LogP contribution < -0.4 is 0 Å². The van der Waals surface area contributed by atoms with Gasteiger partial charge in [-0.05, 0) is 59.2 Å². The molecule has 3 rings (SSSR count). The Morgan fingerprint density at radius 2 is 1.27 bits per heavy atom. The molecule has 0 saturated heterocycles. The summed E-state index contributed by atoms with van der Waals surface area (Å²) in [5.41, 5.74) is 9.36. The van der Waals surface area contributed by atoms with Crippen molar-refractivity contribution in [1.29, 1.82) is 0 Å². The van der Waals surface area contributed by atoms with E-state index in [2.05, 4.69) is 87.5 Å². The van der Waals surface area contributed by atoms with E-state index in [-0.39, 0.29) is 0 Å². The highest BCUT2D eigenvalue weighted by atomic mass is 14.1. The van der Waals surface area contributed by atoms with Gasteiger partial charge in [-0.15, -0.1) is 0 Å². The zero-order valence-electron chi connectivity index (χ0n) is 13.6. The van der Waals surface area contributed by atoms with Gasteiger partial charge in [-0.25, -0.2) is 0 Å². The molecule has 110 valence electrons. The van der Waals surface area contributed by atoms with Gasteiger partial charge in [0.15, 0.2) is 0 Å². The van der Waals surface area contributed by atoms with Gasteiger partial charge in [0.25, 0.3) is 0 Å². The third-order valence-corrected chi connectivity index (χ3v) is 4.44. The Hall–Kier alpha value is -2.34. The van der Waals surface area contributed by atoms with E-state index in [1.807, 2.05) is 0 Å². The predicted molar refractivity (Wildman–Crippen MR) is 96.2 cm³/mol. The maximum atomic E-state index is 2.33. The Kier molecular flexibility index (Phi) is 4.11. The number of aryl methyl sites for hydroxylation is 2. The zero-order valence-corrected chi connectivity index (χ0v) is 13.6. The largest absolute Gasteiger partial charge is 0.0622 e. The smallest absolute Gasteiger partial charge is 0.0149 e. The van der Waals surface area contributed by atoms with E-state index in [1.165, 1.54) is 38.9 Å². The molecule has 0 radical (unpaired) electrons. The number of hydrogen-bond donors (Lipinski definition) is 0. The van der Waals surface area contributed by atoms with Crippen molar-refractivity contribution in [3.8, 4) is 22.3 Å². The minimum Gasteiger partial charge on any atom is -0.0622 e. The summed E-state index contributed by atoms with van der Waals surface area (Å²) in [7, 11) is 0. The van der Waals surface area contributed by atoms with E-state index in [0.717, 1.165) is 6.42 Å². The second-order valence-electron chi connectivity index (χ2n) is 5.88. The van der Waals surface area contributed by atoms with Crippen LogP contribution >= 0.6 is 0 Å². The van der Waals surface area contributed by atoms with E-state index < -0.39 is 0 Å². The maximum absolute atomic E-state index is 2.33. The van der Waals surface area contributed by atoms with Crippen molar-refractivity contribution in [3.63, 3.8) is 0 Å². The topological polar surface area (TPSA) is 0 Å². The molecule has 0 N–H and O–H groups in total. The molecule has 0 fully saturated rings. The molecular formula is C22H22. The van der Waals surface area contributed by atoms with E-state index in [4.69, 9.17) is 0 Å². The van der Waals surface area contributed by atoms with Gasteiger partial charge < -0.3 is 0 Å². The fourth-order valence-electron chi connectivity index (χ4n) is 2.91. The Balaban J connectivity index is 2.02. The summed E-state index contributed by atoms with van der Waals surface area (Å²) in [5.74, 6) is 0. The van der Waals surface area contributed by atoms with Crippen LogP contribution in [0.2, 0.25) is 0 Å². The summed E-state index contributed by atoms with van der Waals surface area (Å²) >= 11 is 0. The normalized spacial score (nSPS) is 10.7. The van der Waals surface area contributed by atoms with Crippen molar-refractivity contribution in [1.82, 2.24) is 0 Å². The first-order valence-corrected chi connectivity index (χ1v) is 7.95. The van der Waals surface area contributed by atoms with Crippen molar-refractivity contribution < 1.29 is 0 Å². The van der Waals surface area contributed by atoms with Gasteiger partial charge in [0.1, 0.15) is 0 Å². The van der Waals surface area contributed by atoms with Crippen LogP contribution in [0.1, 0.15) is 23.6 Å². The van der Waals surface area contributed by atoms with Crippen LogP contribution in [0.3, 0.4) is 0 Å². The summed E-state index contributed by atoms with van der Waals surface area (Å²) in [6.45, 7) is 6.64. The first-order valence-electron chi connectivity index (χ1n) is 7.95. The van der Waals surface area contributed by atoms with Crippen molar-refractivity contribution in [2.24, 2.45) is 0 Å². The van der Waals surface area contributed by atoms with Crippen LogP contribution in [-0.2, 0) is 6.42 Å². The van der Waals surface area contributed by atoms with Crippen LogP contribution in [0.5, 0.6) is 0 Å². The third kappa shape index (κ3) is 2.82. The van der Waals surface area contributed by atoms with Crippen LogP contribution in [0.15, 0.2) is 66.7 Å². The lowest BCUT2D eigenvalue weighted by molar-refractivity contribution is 1.12. The molecule has 0 aromatic heterocycles. The van der Waals surface area contributed by atoms with Gasteiger partial charge in [0, 0.05) is 0 Å². The van der Waals surface area contributed by atoms with Crippen molar-refractivity contribution in [2.45, 2.75) is 27.2 Å². The lowest BCUT2D eigenvalue weighted by atomic mass is 9.92. The van der Waals surface area contributed by atoms with E-state index >= 15 is 0 Å². The Labute approximate surface area is 133 Å². The maximum Gasteiger partial charge on any atom is -0.0149 e. The van der Waals surface area contributed by atoms with Crippen LogP contribution in [0, 0.1) is 13.8 Å². The van der Waals surface area contributed by atoms with Crippen LogP contribution in [-0.4, -0.2) is 0 Å². The van der Waals surface area contributed by atoms with Crippen molar-refractivity contribution in [3.05, 3.63) is 83.4 Å². The molecule has 0 heterocycles. The Morgan fingerprint density at radius 1 is 0.682 bits per heavy atom. The molecule has 0 bridgehead atoms. The number of rotatable bonds is 3. The molecular weight excluding hydrogens is 264 g/mol. The quantitative estimate of drug-likeness (QED) is 0.537. The molecule has 22 heavy (non-hydrogen) atoms. The zero-order chi connectivity index (χ0) is 15.5.